The van der Waals surface area contributed by atoms with Crippen LogP contribution in [0.3, 0.4) is 0 Å². The van der Waals surface area contributed by atoms with Crippen LogP contribution in [0.25, 0.3) is 0 Å². The van der Waals surface area contributed by atoms with E-state index in [-0.39, 0.29) is 18.0 Å². The number of carbonyl (C=O) groups is 1. The topological polar surface area (TPSA) is 73.3 Å². The van der Waals surface area contributed by atoms with E-state index in [4.69, 9.17) is 14.5 Å². The van der Waals surface area contributed by atoms with Gasteiger partial charge in [0.25, 0.3) is 0 Å². The molecule has 1 aliphatic heterocycles. The van der Waals surface area contributed by atoms with Crippen LogP contribution in [-0.2, 0) is 22.4 Å². The summed E-state index contributed by atoms with van der Waals surface area (Å²) in [6.07, 6.45) is 6.97. The fraction of sp³-hybridized carbons (Fsp3) is 0.500. The Labute approximate surface area is 165 Å². The smallest absolute Gasteiger partial charge is 0.306 e. The Morgan fingerprint density at radius 1 is 1.29 bits per heavy atom. The van der Waals surface area contributed by atoms with E-state index >= 15 is 0 Å². The summed E-state index contributed by atoms with van der Waals surface area (Å²) >= 11 is 0. The Bertz CT molecular complexity index is 822. The van der Waals surface area contributed by atoms with Gasteiger partial charge in [0.2, 0.25) is 5.88 Å². The molecule has 4 rings (SSSR count). The predicted octanol–water partition coefficient (Wildman–Crippen LogP) is 3.66. The normalized spacial score (nSPS) is 20.0. The van der Waals surface area contributed by atoms with Gasteiger partial charge in [0.05, 0.1) is 18.0 Å². The van der Waals surface area contributed by atoms with Crippen molar-refractivity contribution in [2.24, 2.45) is 0 Å². The SMILES string of the molecule is CCCC(=O)OC1CC1c1ccc(OCCc2ccc3c(n2)CCCN3)nc1. The van der Waals surface area contributed by atoms with Crippen molar-refractivity contribution in [3.63, 3.8) is 0 Å². The number of hydrogen-bond donors (Lipinski definition) is 1. The van der Waals surface area contributed by atoms with Gasteiger partial charge in [-0.2, -0.15) is 0 Å². The number of ether oxygens (including phenoxy) is 2. The average molecular weight is 381 g/mol. The molecule has 1 aliphatic carbocycles. The first kappa shape index (κ1) is 18.7. The molecule has 0 aromatic carbocycles. The van der Waals surface area contributed by atoms with Crippen molar-refractivity contribution in [1.82, 2.24) is 9.97 Å². The number of nitrogens with zero attached hydrogens (tertiary/aromatic N) is 2. The van der Waals surface area contributed by atoms with E-state index in [2.05, 4.69) is 22.4 Å². The summed E-state index contributed by atoms with van der Waals surface area (Å²) in [6, 6.07) is 8.08. The summed E-state index contributed by atoms with van der Waals surface area (Å²) in [7, 11) is 0. The molecule has 2 unspecified atom stereocenters. The van der Waals surface area contributed by atoms with Crippen LogP contribution in [0.5, 0.6) is 5.88 Å². The van der Waals surface area contributed by atoms with Crippen molar-refractivity contribution in [3.05, 3.63) is 47.4 Å². The molecule has 0 amide bonds. The molecule has 2 aromatic heterocycles. The number of hydrogen-bond acceptors (Lipinski definition) is 6. The molecule has 0 spiro atoms. The number of pyridine rings is 2. The highest BCUT2D eigenvalue weighted by molar-refractivity contribution is 5.69. The second-order valence-electron chi connectivity index (χ2n) is 7.48. The van der Waals surface area contributed by atoms with Crippen molar-refractivity contribution in [3.8, 4) is 5.88 Å². The van der Waals surface area contributed by atoms with Gasteiger partial charge in [-0.05, 0) is 43.4 Å². The molecule has 148 valence electrons. The zero-order valence-electron chi connectivity index (χ0n) is 16.3. The summed E-state index contributed by atoms with van der Waals surface area (Å²) in [4.78, 5) is 20.7. The van der Waals surface area contributed by atoms with Crippen LogP contribution >= 0.6 is 0 Å². The molecule has 2 aliphatic rings. The van der Waals surface area contributed by atoms with E-state index in [0.29, 0.717) is 18.9 Å². The van der Waals surface area contributed by atoms with Gasteiger partial charge in [-0.15, -0.1) is 0 Å². The maximum Gasteiger partial charge on any atom is 0.306 e. The Morgan fingerprint density at radius 3 is 3.04 bits per heavy atom. The molecule has 6 nitrogen and oxygen atoms in total. The maximum absolute atomic E-state index is 11.6. The van der Waals surface area contributed by atoms with Crippen LogP contribution in [-0.4, -0.2) is 35.2 Å². The molecule has 1 N–H and O–H groups in total. The molecular formula is C22H27N3O3. The summed E-state index contributed by atoms with van der Waals surface area (Å²) in [5.74, 6) is 0.786. The van der Waals surface area contributed by atoms with E-state index in [1.807, 2.05) is 25.3 Å². The molecule has 1 saturated carbocycles. The number of esters is 1. The number of fused-ring (bicyclic) bond motifs is 1. The minimum absolute atomic E-state index is 0.0113. The van der Waals surface area contributed by atoms with Gasteiger partial charge in [-0.25, -0.2) is 4.98 Å². The average Bonchev–Trinajstić information content (AvgIpc) is 3.47. The highest BCUT2D eigenvalue weighted by atomic mass is 16.5. The zero-order valence-corrected chi connectivity index (χ0v) is 16.3. The number of aromatic nitrogens is 2. The Kier molecular flexibility index (Phi) is 5.74. The molecule has 2 atom stereocenters. The highest BCUT2D eigenvalue weighted by Crippen LogP contribution is 2.43. The van der Waals surface area contributed by atoms with Crippen molar-refractivity contribution >= 4 is 11.7 Å². The van der Waals surface area contributed by atoms with E-state index in [0.717, 1.165) is 61.3 Å². The van der Waals surface area contributed by atoms with Gasteiger partial charge in [0.15, 0.2) is 0 Å². The lowest BCUT2D eigenvalue weighted by Gasteiger charge is -2.17. The Hall–Kier alpha value is -2.63. The van der Waals surface area contributed by atoms with Crippen molar-refractivity contribution in [1.29, 1.82) is 0 Å². The van der Waals surface area contributed by atoms with Gasteiger partial charge >= 0.3 is 5.97 Å². The number of rotatable bonds is 8. The van der Waals surface area contributed by atoms with E-state index in [1.165, 1.54) is 0 Å². The van der Waals surface area contributed by atoms with Crippen LogP contribution in [0.15, 0.2) is 30.5 Å². The van der Waals surface area contributed by atoms with Crippen LogP contribution < -0.4 is 10.1 Å². The second-order valence-corrected chi connectivity index (χ2v) is 7.48. The summed E-state index contributed by atoms with van der Waals surface area (Å²) < 4.78 is 11.2. The lowest BCUT2D eigenvalue weighted by molar-refractivity contribution is -0.145. The third-order valence-corrected chi connectivity index (χ3v) is 5.20. The predicted molar refractivity (Wildman–Crippen MR) is 107 cm³/mol. The van der Waals surface area contributed by atoms with Crippen LogP contribution in [0.2, 0.25) is 0 Å². The van der Waals surface area contributed by atoms with E-state index in [9.17, 15) is 4.79 Å². The van der Waals surface area contributed by atoms with Crippen molar-refractivity contribution in [2.45, 2.75) is 57.5 Å². The molecule has 3 heterocycles. The lowest BCUT2D eigenvalue weighted by Crippen LogP contribution is -2.14. The third kappa shape index (κ3) is 4.61. The van der Waals surface area contributed by atoms with Crippen LogP contribution in [0, 0.1) is 0 Å². The quantitative estimate of drug-likeness (QED) is 0.704. The molecular weight excluding hydrogens is 354 g/mol. The minimum Gasteiger partial charge on any atom is -0.477 e. The lowest BCUT2D eigenvalue weighted by atomic mass is 10.1. The Balaban J connectivity index is 1.24. The minimum atomic E-state index is -0.102. The largest absolute Gasteiger partial charge is 0.477 e. The fourth-order valence-electron chi connectivity index (χ4n) is 3.56. The molecule has 6 heteroatoms. The van der Waals surface area contributed by atoms with Gasteiger partial charge < -0.3 is 14.8 Å². The molecule has 0 bridgehead atoms. The number of nitrogens with one attached hydrogen (secondary N) is 1. The first-order chi connectivity index (χ1) is 13.7. The van der Waals surface area contributed by atoms with Gasteiger partial charge in [-0.1, -0.05) is 13.0 Å². The first-order valence-corrected chi connectivity index (χ1v) is 10.2. The highest BCUT2D eigenvalue weighted by Gasteiger charge is 2.42. The van der Waals surface area contributed by atoms with Crippen molar-refractivity contribution < 1.29 is 14.3 Å². The summed E-state index contributed by atoms with van der Waals surface area (Å²) in [5.41, 5.74) is 4.47. The first-order valence-electron chi connectivity index (χ1n) is 10.2. The van der Waals surface area contributed by atoms with Gasteiger partial charge in [0, 0.05) is 43.3 Å². The summed E-state index contributed by atoms with van der Waals surface area (Å²) in [5, 5.41) is 3.38. The molecule has 1 fully saturated rings. The van der Waals surface area contributed by atoms with E-state index < -0.39 is 0 Å². The Morgan fingerprint density at radius 2 is 2.21 bits per heavy atom. The van der Waals surface area contributed by atoms with Crippen molar-refractivity contribution in [2.75, 3.05) is 18.5 Å². The number of carbonyl (C=O) groups excluding carboxylic acids is 1. The van der Waals surface area contributed by atoms with Gasteiger partial charge in [-0.3, -0.25) is 9.78 Å². The number of aryl methyl sites for hydroxylation is 1. The number of anilines is 1. The van der Waals surface area contributed by atoms with Crippen LogP contribution in [0.1, 0.15) is 55.5 Å². The van der Waals surface area contributed by atoms with E-state index in [1.54, 1.807) is 0 Å². The molecule has 0 saturated heterocycles. The molecule has 28 heavy (non-hydrogen) atoms. The van der Waals surface area contributed by atoms with Crippen LogP contribution in [0.4, 0.5) is 5.69 Å². The second kappa shape index (κ2) is 8.59. The molecule has 0 radical (unpaired) electrons. The standard InChI is InChI=1S/C22H27N3O3/c1-2-4-22(26)28-20-13-17(20)15-6-9-21(24-14-15)27-12-10-16-7-8-18-19(25-16)5-3-11-23-18/h6-9,14,17,20,23H,2-5,10-13H2,1H3. The monoisotopic (exact) mass is 381 g/mol. The maximum atomic E-state index is 11.6. The van der Waals surface area contributed by atoms with Gasteiger partial charge in [0.1, 0.15) is 6.10 Å². The summed E-state index contributed by atoms with van der Waals surface area (Å²) in [6.45, 7) is 3.56. The fourth-order valence-corrected chi connectivity index (χ4v) is 3.56. The zero-order chi connectivity index (χ0) is 19.3. The molecule has 2 aromatic rings. The third-order valence-electron chi connectivity index (χ3n) is 5.20.